The summed E-state index contributed by atoms with van der Waals surface area (Å²) in [5.74, 6) is -1.81. The number of benzene rings is 6. The quantitative estimate of drug-likeness (QED) is 0.165. The SMILES string of the molecule is [2H]c1nc(-c2cc(-c3cccc4c3nc(-c3cc(C(C)(C)C)cc(C(C)(C)C)c3O)n4-c3ccc(-c4cc(C([2H])(C)C)cc(C([2H])(C)C)c4)cc3C([2H])([2H])[2H])cc(C(C)(C)C)c2)c([2H])c(-c2c([2H])c([2H])c([2H])c([2H])c2[2H])c1[2H]. The first-order chi connectivity index (χ1) is 35.7. The van der Waals surface area contributed by atoms with Crippen LogP contribution in [0.1, 0.15) is 153 Å². The molecule has 8 rings (SSSR count). The lowest BCUT2D eigenvalue weighted by Gasteiger charge is -2.27. The number of aryl methyl sites for hydroxylation is 1. The standard InChI is InChI=1S/C61H67N3O/c1-37(2)43-28-44(38(3)4)30-45(29-43)41-23-24-54(39(5)27-41)64-55-22-18-21-50(56(55)63-58(64)51-35-49(60(9,10)11)36-52(57(51)65)61(12,13)14)46-31-47(33-48(32-46)59(6,7)8)53-34-42(25-26-62-53)40-19-16-15-17-20-40/h15-38,65H,1-14H3/i5D3,15D,16D,17D,19D,20D,25D,26D,34D,37D,38D. The minimum Gasteiger partial charge on any atom is -0.507 e. The van der Waals surface area contributed by atoms with Gasteiger partial charge in [0.25, 0.3) is 0 Å². The molecule has 332 valence electrons. The summed E-state index contributed by atoms with van der Waals surface area (Å²) in [4.78, 5) is 9.88. The molecule has 2 aromatic heterocycles. The van der Waals surface area contributed by atoms with Crippen molar-refractivity contribution in [3.63, 3.8) is 0 Å². The summed E-state index contributed by atoms with van der Waals surface area (Å²) in [6.45, 7) is 22.7. The number of rotatable bonds is 8. The predicted octanol–water partition coefficient (Wildman–Crippen LogP) is 16.9. The number of pyridine rings is 1. The molecule has 0 atom stereocenters. The number of aromatic nitrogens is 3. The second-order valence-electron chi connectivity index (χ2n) is 20.6. The highest BCUT2D eigenvalue weighted by molar-refractivity contribution is 5.97. The van der Waals surface area contributed by atoms with E-state index in [9.17, 15) is 6.48 Å². The van der Waals surface area contributed by atoms with Gasteiger partial charge in [-0.15, -0.1) is 0 Å². The van der Waals surface area contributed by atoms with Crippen LogP contribution >= 0.6 is 0 Å². The number of fused-ring (bicyclic) bond motifs is 1. The Bertz CT molecular complexity index is 3680. The van der Waals surface area contributed by atoms with Crippen LogP contribution in [0.2, 0.25) is 0 Å². The number of imidazole rings is 1. The van der Waals surface area contributed by atoms with Crippen LogP contribution in [0, 0.1) is 6.85 Å². The Morgan fingerprint density at radius 1 is 0.615 bits per heavy atom. The van der Waals surface area contributed by atoms with Crippen molar-refractivity contribution in [3.8, 4) is 67.5 Å². The lowest BCUT2D eigenvalue weighted by molar-refractivity contribution is 0.446. The smallest absolute Gasteiger partial charge is 0.149 e. The Balaban J connectivity index is 1.49. The highest BCUT2D eigenvalue weighted by Gasteiger charge is 2.29. The van der Waals surface area contributed by atoms with Crippen molar-refractivity contribution < 1.29 is 22.9 Å². The molecule has 4 nitrogen and oxygen atoms in total. The maximum Gasteiger partial charge on any atom is 0.149 e. The Morgan fingerprint density at radius 3 is 1.91 bits per heavy atom. The van der Waals surface area contributed by atoms with Crippen molar-refractivity contribution in [1.29, 1.82) is 0 Å². The number of phenols is 1. The van der Waals surface area contributed by atoms with Crippen LogP contribution in [0.15, 0.2) is 133 Å². The number of aromatic hydroxyl groups is 1. The van der Waals surface area contributed by atoms with Crippen molar-refractivity contribution >= 4 is 11.0 Å². The van der Waals surface area contributed by atoms with Gasteiger partial charge >= 0.3 is 0 Å². The van der Waals surface area contributed by atoms with Crippen LogP contribution in [-0.2, 0) is 16.2 Å². The van der Waals surface area contributed by atoms with Gasteiger partial charge in [-0.2, -0.15) is 0 Å². The summed E-state index contributed by atoms with van der Waals surface area (Å²) in [5, 5.41) is 12.6. The summed E-state index contributed by atoms with van der Waals surface area (Å²) < 4.78 is 117. The highest BCUT2D eigenvalue weighted by atomic mass is 16.3. The third kappa shape index (κ3) is 9.06. The maximum absolute atomic E-state index is 12.6. The van der Waals surface area contributed by atoms with Crippen LogP contribution < -0.4 is 0 Å². The monoisotopic (exact) mass is 871 g/mol. The summed E-state index contributed by atoms with van der Waals surface area (Å²) in [7, 11) is 0. The molecule has 0 fully saturated rings. The van der Waals surface area contributed by atoms with Crippen molar-refractivity contribution in [1.82, 2.24) is 14.5 Å². The van der Waals surface area contributed by atoms with Gasteiger partial charge in [0.05, 0.1) is 38.9 Å². The van der Waals surface area contributed by atoms with Gasteiger partial charge in [-0.1, -0.05) is 169 Å². The fourth-order valence-corrected chi connectivity index (χ4v) is 8.16. The molecular weight excluding hydrogens is 791 g/mol. The summed E-state index contributed by atoms with van der Waals surface area (Å²) in [6.07, 6.45) is -0.562. The number of nitrogens with zero attached hydrogens (tertiary/aromatic N) is 3. The van der Waals surface area contributed by atoms with Gasteiger partial charge in [0, 0.05) is 29.7 Å². The van der Waals surface area contributed by atoms with Crippen LogP contribution in [0.5, 0.6) is 5.75 Å². The fraction of sp³-hybridized carbons (Fsp3) is 0.311. The number of hydrogen-bond acceptors (Lipinski definition) is 3. The molecule has 0 aliphatic carbocycles. The van der Waals surface area contributed by atoms with E-state index < -0.39 is 83.4 Å². The van der Waals surface area contributed by atoms with Crippen molar-refractivity contribution in [2.24, 2.45) is 0 Å². The van der Waals surface area contributed by atoms with Gasteiger partial charge < -0.3 is 5.11 Å². The van der Waals surface area contributed by atoms with Gasteiger partial charge in [0.15, 0.2) is 0 Å². The summed E-state index contributed by atoms with van der Waals surface area (Å²) >= 11 is 0. The Kier molecular flexibility index (Phi) is 8.23. The van der Waals surface area contributed by atoms with Gasteiger partial charge in [0.1, 0.15) is 11.6 Å². The molecule has 0 saturated carbocycles. The van der Waals surface area contributed by atoms with Gasteiger partial charge in [-0.25, -0.2) is 4.98 Å². The van der Waals surface area contributed by atoms with Crippen LogP contribution in [-0.4, -0.2) is 19.6 Å². The first-order valence-corrected chi connectivity index (χ1v) is 22.1. The third-order valence-electron chi connectivity index (χ3n) is 12.1. The molecule has 6 aromatic carbocycles. The highest BCUT2D eigenvalue weighted by Crippen LogP contribution is 2.45. The van der Waals surface area contributed by atoms with Crippen LogP contribution in [0.25, 0.3) is 72.7 Å². The van der Waals surface area contributed by atoms with Gasteiger partial charge in [-0.3, -0.25) is 9.55 Å². The maximum atomic E-state index is 12.6. The molecule has 8 aromatic rings. The van der Waals surface area contributed by atoms with Crippen LogP contribution in [0.4, 0.5) is 0 Å². The Labute approximate surface area is 406 Å². The molecule has 0 saturated heterocycles. The second kappa shape index (κ2) is 16.9. The molecule has 2 heterocycles. The average molecular weight is 871 g/mol. The van der Waals surface area contributed by atoms with E-state index in [1.807, 2.05) is 108 Å². The van der Waals surface area contributed by atoms with Gasteiger partial charge in [0.2, 0.25) is 0 Å². The predicted molar refractivity (Wildman–Crippen MR) is 277 cm³/mol. The van der Waals surface area contributed by atoms with Crippen molar-refractivity contribution in [3.05, 3.63) is 167 Å². The summed E-state index contributed by atoms with van der Waals surface area (Å²) in [5.41, 5.74) is 5.73. The third-order valence-corrected chi connectivity index (χ3v) is 12.1. The first-order valence-electron chi connectivity index (χ1n) is 28.6. The first kappa shape index (κ1) is 31.6. The van der Waals surface area contributed by atoms with E-state index in [0.717, 1.165) is 11.1 Å². The second-order valence-corrected chi connectivity index (χ2v) is 20.6. The zero-order valence-electron chi connectivity index (χ0n) is 52.9. The fourth-order valence-electron chi connectivity index (χ4n) is 8.16. The lowest BCUT2D eigenvalue weighted by Crippen LogP contribution is -2.17. The zero-order valence-corrected chi connectivity index (χ0v) is 39.9. The molecule has 0 unspecified atom stereocenters. The molecular formula is C61H67N3O. The zero-order chi connectivity index (χ0) is 58.1. The van der Waals surface area contributed by atoms with Gasteiger partial charge in [-0.05, 0) is 139 Å². The molecule has 65 heavy (non-hydrogen) atoms. The minimum absolute atomic E-state index is 0.0132. The molecule has 0 spiro atoms. The van der Waals surface area contributed by atoms with Crippen molar-refractivity contribution in [2.45, 2.75) is 125 Å². The van der Waals surface area contributed by atoms with E-state index in [1.54, 1.807) is 50.5 Å². The minimum atomic E-state index is -2.71. The topological polar surface area (TPSA) is 50.9 Å². The van der Waals surface area contributed by atoms with E-state index in [0.29, 0.717) is 61.1 Å². The Hall–Kier alpha value is -6.26. The largest absolute Gasteiger partial charge is 0.507 e. The van der Waals surface area contributed by atoms with E-state index in [2.05, 4.69) is 25.8 Å². The molecule has 0 radical (unpaired) electrons. The van der Waals surface area contributed by atoms with E-state index in [1.165, 1.54) is 0 Å². The Morgan fingerprint density at radius 2 is 1.28 bits per heavy atom. The van der Waals surface area contributed by atoms with Crippen molar-refractivity contribution in [2.75, 3.05) is 0 Å². The molecule has 0 amide bonds. The number of hydrogen-bond donors (Lipinski definition) is 1. The number of para-hydroxylation sites is 1. The van der Waals surface area contributed by atoms with E-state index in [-0.39, 0.29) is 39.6 Å². The molecule has 0 bridgehead atoms. The normalized spacial score (nSPS) is 15.9. The van der Waals surface area contributed by atoms with E-state index >= 15 is 0 Å². The van der Waals surface area contributed by atoms with Crippen LogP contribution in [0.3, 0.4) is 0 Å². The van der Waals surface area contributed by atoms with E-state index in [4.69, 9.17) is 21.4 Å². The number of phenolic OH excluding ortho intramolecular Hbond substituents is 1. The molecule has 0 aliphatic heterocycles. The average Bonchev–Trinajstić information content (AvgIpc) is 3.72. The molecule has 1 N–H and O–H groups in total. The molecule has 4 heteroatoms. The molecule has 0 aliphatic rings. The summed E-state index contributed by atoms with van der Waals surface area (Å²) in [6, 6.07) is 21.7. The lowest BCUT2D eigenvalue weighted by atomic mass is 9.79.